The lowest BCUT2D eigenvalue weighted by Gasteiger charge is -2.26. The van der Waals surface area contributed by atoms with Gasteiger partial charge in [0.1, 0.15) is 28.8 Å². The van der Waals surface area contributed by atoms with Crippen molar-refractivity contribution >= 4 is 131 Å². The van der Waals surface area contributed by atoms with Crippen LogP contribution in [0.3, 0.4) is 0 Å². The van der Waals surface area contributed by atoms with Gasteiger partial charge >= 0.3 is 5.20 Å². The van der Waals surface area contributed by atoms with E-state index in [0.717, 1.165) is 33.8 Å². The molecule has 0 fully saturated rings. The SMILES string of the molecule is COc1ccc(CN2C(=O)C(Cc3ccccc3Cl)N=C(Cl)c3cc(Cl)ccc32)cc1.COc1ccc(CN2C(=O)C(Cc3ccccc3Cl)NC(=O)c3cc(Cl)ccc32)cc1.O=P(Cl)(Cl)Cl. The van der Waals surface area contributed by atoms with Crippen LogP contribution in [0.4, 0.5) is 11.4 Å². The molecule has 2 aliphatic rings. The predicted molar refractivity (Wildman–Crippen MR) is 274 cm³/mol. The van der Waals surface area contributed by atoms with Crippen LogP contribution in [0.2, 0.25) is 20.1 Å². The summed E-state index contributed by atoms with van der Waals surface area (Å²) in [5, 5.41) is 1.97. The second-order valence-electron chi connectivity index (χ2n) is 14.8. The monoisotopic (exact) mass is 1080 g/mol. The number of carbonyl (C=O) groups excluding carboxylic acids is 3. The van der Waals surface area contributed by atoms with Crippen LogP contribution in [0.5, 0.6) is 11.5 Å². The molecule has 2 heterocycles. The number of aliphatic imine (C=N–C) groups is 1. The Kier molecular flexibility index (Phi) is 18.4. The van der Waals surface area contributed by atoms with Crippen LogP contribution in [-0.4, -0.2) is 49.2 Å². The van der Waals surface area contributed by atoms with Crippen molar-refractivity contribution in [3.63, 3.8) is 0 Å². The smallest absolute Gasteiger partial charge is 0.339 e. The van der Waals surface area contributed by atoms with Crippen molar-refractivity contribution < 1.29 is 28.4 Å². The standard InChI is InChI=1S/C24H19Cl3N2O2.C24H20Cl2N2O3.Cl3OP/c1-31-18-9-6-15(7-10-18)14-29-22-11-8-17(25)13-19(22)23(27)28-21(24(29)30)12-16-4-2-3-5-20(16)26;1-31-18-9-6-15(7-10-18)14-28-22-11-8-17(25)13-19(22)23(29)27-21(24(28)30)12-16-4-2-3-5-20(16)26;1-5(2,3)4/h2-11,13,21H,12,14H2,1H3;2-11,13,21H,12,14H2,1H3,(H,27,29);. The Morgan fingerprint density at radius 2 is 1.01 bits per heavy atom. The maximum Gasteiger partial charge on any atom is 0.339 e. The first-order chi connectivity index (χ1) is 31.9. The number of carbonyl (C=O) groups is 3. The molecule has 0 spiro atoms. The Labute approximate surface area is 427 Å². The van der Waals surface area contributed by atoms with Gasteiger partial charge in [-0.05, 0) is 129 Å². The summed E-state index contributed by atoms with van der Waals surface area (Å²) in [6, 6.07) is 38.5. The molecule has 19 heteroatoms. The summed E-state index contributed by atoms with van der Waals surface area (Å²) < 4.78 is 20.0. The normalized spacial score (nSPS) is 15.6. The molecule has 1 N–H and O–H groups in total. The van der Waals surface area contributed by atoms with Gasteiger partial charge in [-0.2, -0.15) is 0 Å². The molecule has 2 atom stereocenters. The van der Waals surface area contributed by atoms with Crippen molar-refractivity contribution in [1.29, 1.82) is 0 Å². The number of rotatable bonds is 10. The number of nitrogens with one attached hydrogen (secondary N) is 1. The van der Waals surface area contributed by atoms with Gasteiger partial charge in [-0.1, -0.05) is 119 Å². The van der Waals surface area contributed by atoms with Crippen molar-refractivity contribution in [2.24, 2.45) is 4.99 Å². The lowest BCUT2D eigenvalue weighted by Crippen LogP contribution is -2.47. The van der Waals surface area contributed by atoms with Crippen LogP contribution in [0, 0.1) is 0 Å². The summed E-state index contributed by atoms with van der Waals surface area (Å²) in [6.45, 7) is 0.654. The zero-order valence-corrected chi connectivity index (χ0v) is 42.4. The number of benzodiazepines with no additional fused rings is 1. The fraction of sp³-hybridized carbons (Fsp3) is 0.167. The first kappa shape index (κ1) is 51.9. The molecule has 2 aliphatic heterocycles. The average molecular weight is 1080 g/mol. The van der Waals surface area contributed by atoms with Crippen molar-refractivity contribution in [2.75, 3.05) is 24.0 Å². The van der Waals surface area contributed by atoms with E-state index in [1.807, 2.05) is 84.9 Å². The van der Waals surface area contributed by atoms with E-state index in [1.54, 1.807) is 72.6 Å². The fourth-order valence-electron chi connectivity index (χ4n) is 7.18. The summed E-state index contributed by atoms with van der Waals surface area (Å²) in [5.74, 6) is 0.757. The third-order valence-electron chi connectivity index (χ3n) is 10.4. The van der Waals surface area contributed by atoms with E-state index < -0.39 is 17.3 Å². The molecule has 6 aromatic carbocycles. The molecule has 0 aromatic heterocycles. The largest absolute Gasteiger partial charge is 0.497 e. The number of hydrogen-bond acceptors (Lipinski definition) is 7. The molecular formula is C48H39Cl8N4O6P. The van der Waals surface area contributed by atoms with E-state index in [1.165, 1.54) is 0 Å². The van der Waals surface area contributed by atoms with Gasteiger partial charge in [-0.25, -0.2) is 0 Å². The number of benzene rings is 6. The van der Waals surface area contributed by atoms with E-state index >= 15 is 0 Å². The first-order valence-electron chi connectivity index (χ1n) is 20.1. The summed E-state index contributed by atoms with van der Waals surface area (Å²) in [6.07, 6.45) is 0.626. The molecule has 2 unspecified atom stereocenters. The molecule has 0 radical (unpaired) electrons. The van der Waals surface area contributed by atoms with Gasteiger partial charge in [0, 0.05) is 38.5 Å². The van der Waals surface area contributed by atoms with E-state index in [9.17, 15) is 18.9 Å². The number of amides is 3. The molecule has 6 aromatic rings. The van der Waals surface area contributed by atoms with Crippen LogP contribution in [0.1, 0.15) is 38.2 Å². The molecule has 348 valence electrons. The van der Waals surface area contributed by atoms with Crippen LogP contribution in [0.15, 0.2) is 138 Å². The summed E-state index contributed by atoms with van der Waals surface area (Å²) >= 11 is 45.4. The van der Waals surface area contributed by atoms with Gasteiger partial charge in [0.05, 0.1) is 44.2 Å². The number of methoxy groups -OCH3 is 2. The summed E-state index contributed by atoms with van der Waals surface area (Å²) in [7, 11) is 3.22. The predicted octanol–water partition coefficient (Wildman–Crippen LogP) is 13.8. The van der Waals surface area contributed by atoms with E-state index in [0.29, 0.717) is 62.1 Å². The quantitative estimate of drug-likeness (QED) is 0.137. The van der Waals surface area contributed by atoms with E-state index in [4.69, 9.17) is 67.5 Å². The van der Waals surface area contributed by atoms with Crippen molar-refractivity contribution in [3.05, 3.63) is 187 Å². The number of hydrogen-bond donors (Lipinski definition) is 1. The molecule has 0 saturated heterocycles. The van der Waals surface area contributed by atoms with Crippen molar-refractivity contribution in [3.8, 4) is 11.5 Å². The Hall–Kier alpha value is -4.45. The third-order valence-corrected chi connectivity index (χ3v) is 11.9. The van der Waals surface area contributed by atoms with Gasteiger partial charge in [0.15, 0.2) is 0 Å². The van der Waals surface area contributed by atoms with Gasteiger partial charge in [-0.15, -0.1) is 0 Å². The highest BCUT2D eigenvalue weighted by Gasteiger charge is 2.35. The average Bonchev–Trinajstić information content (AvgIpc) is 3.45. The molecule has 0 bridgehead atoms. The van der Waals surface area contributed by atoms with E-state index in [-0.39, 0.29) is 29.3 Å². The highest BCUT2D eigenvalue weighted by atomic mass is 36.0. The number of nitrogens with zero attached hydrogens (tertiary/aromatic N) is 3. The maximum atomic E-state index is 13.6. The van der Waals surface area contributed by atoms with Gasteiger partial charge in [0.2, 0.25) is 5.91 Å². The summed E-state index contributed by atoms with van der Waals surface area (Å²) in [5.41, 5.74) is 5.64. The number of anilines is 2. The Morgan fingerprint density at radius 3 is 1.49 bits per heavy atom. The van der Waals surface area contributed by atoms with Crippen molar-refractivity contribution in [2.45, 2.75) is 38.0 Å². The second kappa shape index (κ2) is 23.7. The minimum absolute atomic E-state index is 0.157. The maximum absolute atomic E-state index is 13.6. The Bertz CT molecular complexity index is 2820. The fourth-order valence-corrected chi connectivity index (χ4v) is 8.22. The minimum Gasteiger partial charge on any atom is -0.497 e. The molecule has 0 aliphatic carbocycles. The number of fused-ring (bicyclic) bond motifs is 2. The molecule has 0 saturated carbocycles. The van der Waals surface area contributed by atoms with Gasteiger partial charge in [0.25, 0.3) is 11.8 Å². The highest BCUT2D eigenvalue weighted by Crippen LogP contribution is 2.61. The van der Waals surface area contributed by atoms with Crippen LogP contribution < -0.4 is 24.6 Å². The zero-order valence-electron chi connectivity index (χ0n) is 35.4. The third kappa shape index (κ3) is 14.3. The lowest BCUT2D eigenvalue weighted by atomic mass is 10.0. The van der Waals surface area contributed by atoms with Gasteiger partial charge < -0.3 is 24.6 Å². The molecular weight excluding hydrogens is 1040 g/mol. The first-order valence-corrected chi connectivity index (χ1v) is 26.4. The van der Waals surface area contributed by atoms with Crippen molar-refractivity contribution in [1.82, 2.24) is 5.32 Å². The lowest BCUT2D eigenvalue weighted by molar-refractivity contribution is -0.120. The second-order valence-corrected chi connectivity index (χ2v) is 23.5. The Balaban J connectivity index is 0.000000201. The van der Waals surface area contributed by atoms with Crippen LogP contribution >= 0.6 is 96.9 Å². The molecule has 3 amide bonds. The molecule has 8 rings (SSSR count). The number of ether oxygens (including phenoxy) is 2. The van der Waals surface area contributed by atoms with Gasteiger partial charge in [-0.3, -0.25) is 23.9 Å². The molecule has 67 heavy (non-hydrogen) atoms. The van der Waals surface area contributed by atoms with Crippen LogP contribution in [0.25, 0.3) is 0 Å². The Morgan fingerprint density at radius 1 is 0.582 bits per heavy atom. The van der Waals surface area contributed by atoms with E-state index in [2.05, 4.69) is 44.0 Å². The number of halogens is 8. The topological polar surface area (TPSA) is 118 Å². The zero-order chi connectivity index (χ0) is 48.4. The summed E-state index contributed by atoms with van der Waals surface area (Å²) in [4.78, 5) is 48.1. The van der Waals surface area contributed by atoms with Crippen LogP contribution in [-0.2, 0) is 40.1 Å². The highest BCUT2D eigenvalue weighted by molar-refractivity contribution is 8.24. The minimum atomic E-state index is -3.22. The molecule has 10 nitrogen and oxygen atoms in total.